The van der Waals surface area contributed by atoms with Crippen LogP contribution in [0.2, 0.25) is 0 Å². The summed E-state index contributed by atoms with van der Waals surface area (Å²) in [5.41, 5.74) is -1.84. The molecule has 0 saturated heterocycles. The van der Waals surface area contributed by atoms with Crippen LogP contribution >= 0.6 is 0 Å². The van der Waals surface area contributed by atoms with Gasteiger partial charge >= 0.3 is 12.1 Å². The average Bonchev–Trinajstić information content (AvgIpc) is 2.69. The van der Waals surface area contributed by atoms with Crippen molar-refractivity contribution in [3.05, 3.63) is 56.8 Å². The Morgan fingerprint density at radius 1 is 1.30 bits per heavy atom. The molecule has 9 nitrogen and oxygen atoms in total. The zero-order chi connectivity index (χ0) is 22.1. The maximum absolute atomic E-state index is 12.9. The summed E-state index contributed by atoms with van der Waals surface area (Å²) in [6.07, 6.45) is -3.42. The monoisotopic (exact) mass is 427 g/mol. The summed E-state index contributed by atoms with van der Waals surface area (Å²) in [7, 11) is 0. The fourth-order valence-electron chi connectivity index (χ4n) is 3.07. The molecule has 30 heavy (non-hydrogen) atoms. The van der Waals surface area contributed by atoms with Gasteiger partial charge < -0.3 is 24.8 Å². The van der Waals surface area contributed by atoms with Crippen LogP contribution < -0.4 is 10.9 Å². The highest BCUT2D eigenvalue weighted by molar-refractivity contribution is 5.98. The molecule has 3 heterocycles. The number of carbonyl (C=O) groups excluding carboxylic acids is 1. The number of hydrogen-bond donors (Lipinski definition) is 3. The third-order valence-electron chi connectivity index (χ3n) is 4.47. The predicted molar refractivity (Wildman–Crippen MR) is 94.0 cm³/mol. The highest BCUT2D eigenvalue weighted by Gasteiger charge is 2.32. The molecule has 2 aromatic rings. The number of rotatable bonds is 5. The summed E-state index contributed by atoms with van der Waals surface area (Å²) in [6.45, 7) is -0.826. The number of ether oxygens (including phenoxy) is 1. The molecule has 0 atom stereocenters. The van der Waals surface area contributed by atoms with E-state index in [-0.39, 0.29) is 37.3 Å². The van der Waals surface area contributed by atoms with Crippen LogP contribution in [0.4, 0.5) is 13.2 Å². The van der Waals surface area contributed by atoms with Crippen LogP contribution in [0.25, 0.3) is 0 Å². The molecule has 0 spiro atoms. The normalized spacial score (nSPS) is 13.6. The van der Waals surface area contributed by atoms with Crippen LogP contribution in [0.5, 0.6) is 5.75 Å². The molecule has 3 rings (SSSR count). The Morgan fingerprint density at radius 3 is 2.63 bits per heavy atom. The average molecular weight is 427 g/mol. The Morgan fingerprint density at radius 2 is 2.03 bits per heavy atom. The van der Waals surface area contributed by atoms with Gasteiger partial charge in [0.25, 0.3) is 11.5 Å². The van der Waals surface area contributed by atoms with Crippen molar-refractivity contribution in [1.29, 1.82) is 0 Å². The van der Waals surface area contributed by atoms with Crippen LogP contribution in [0.3, 0.4) is 0 Å². The molecule has 2 aromatic heterocycles. The van der Waals surface area contributed by atoms with Crippen LogP contribution in [0.1, 0.15) is 32.9 Å². The first-order valence-electron chi connectivity index (χ1n) is 8.67. The summed E-state index contributed by atoms with van der Waals surface area (Å²) in [6, 6.07) is 1.93. The Bertz CT molecular complexity index is 1050. The van der Waals surface area contributed by atoms with Crippen LogP contribution in [0.15, 0.2) is 23.1 Å². The van der Waals surface area contributed by atoms with Gasteiger partial charge in [0.15, 0.2) is 0 Å². The van der Waals surface area contributed by atoms with Gasteiger partial charge in [-0.15, -0.1) is 0 Å². The van der Waals surface area contributed by atoms with Crippen LogP contribution in [-0.2, 0) is 35.3 Å². The summed E-state index contributed by atoms with van der Waals surface area (Å²) in [4.78, 5) is 39.3. The molecule has 1 amide bonds. The van der Waals surface area contributed by atoms with Gasteiger partial charge in [0.05, 0.1) is 19.8 Å². The van der Waals surface area contributed by atoms with Gasteiger partial charge in [-0.1, -0.05) is 6.07 Å². The summed E-state index contributed by atoms with van der Waals surface area (Å²) in [5, 5.41) is 21.1. The van der Waals surface area contributed by atoms with Gasteiger partial charge in [-0.3, -0.25) is 19.4 Å². The number of halogens is 3. The second kappa shape index (κ2) is 8.14. The predicted octanol–water partition coefficient (Wildman–Crippen LogP) is 0.903. The van der Waals surface area contributed by atoms with E-state index in [1.165, 1.54) is 0 Å². The lowest BCUT2D eigenvalue weighted by molar-refractivity contribution is -0.141. The van der Waals surface area contributed by atoms with Crippen molar-refractivity contribution in [2.75, 3.05) is 13.2 Å². The molecule has 1 aliphatic heterocycles. The third kappa shape index (κ3) is 4.27. The topological polar surface area (TPSA) is 131 Å². The summed E-state index contributed by atoms with van der Waals surface area (Å²) in [5.74, 6) is -3.05. The minimum Gasteiger partial charge on any atom is -0.506 e. The minimum atomic E-state index is -4.61. The number of carboxylic acids is 1. The number of amides is 1. The van der Waals surface area contributed by atoms with Gasteiger partial charge in [-0.2, -0.15) is 13.2 Å². The molecule has 0 aliphatic carbocycles. The van der Waals surface area contributed by atoms with Gasteiger partial charge in [0.2, 0.25) is 0 Å². The number of aromatic nitrogens is 2. The van der Waals surface area contributed by atoms with E-state index in [0.29, 0.717) is 5.69 Å². The number of pyridine rings is 2. The molecule has 3 N–H and O–H groups in total. The standard InChI is InChI=1S/C18H16F3N3O6/c19-18(20,21)12-2-1-9(5-22-12)7-24-11-3-4-30-8-10(11)15(27)14(17(24)29)16(28)23-6-13(25)26/h1-2,5,27H,3-4,6-8H2,(H,23,28)(H,25,26). The molecule has 0 unspecified atom stereocenters. The first-order valence-corrected chi connectivity index (χ1v) is 8.67. The van der Waals surface area contributed by atoms with E-state index in [2.05, 4.69) is 4.98 Å². The van der Waals surface area contributed by atoms with Crippen molar-refractivity contribution in [3.63, 3.8) is 0 Å². The Hall–Kier alpha value is -3.41. The Balaban J connectivity index is 2.05. The van der Waals surface area contributed by atoms with E-state index in [1.54, 1.807) is 0 Å². The van der Waals surface area contributed by atoms with Crippen LogP contribution in [0, 0.1) is 0 Å². The van der Waals surface area contributed by atoms with Crippen LogP contribution in [-0.4, -0.2) is 44.8 Å². The van der Waals surface area contributed by atoms with E-state index in [4.69, 9.17) is 9.84 Å². The number of alkyl halides is 3. The SMILES string of the molecule is O=C(O)CNC(=O)c1c(O)c2c(n(Cc3ccc(C(F)(F)F)nc3)c1=O)CCOC2. The zero-order valence-corrected chi connectivity index (χ0v) is 15.3. The molecule has 12 heteroatoms. The Kier molecular flexibility index (Phi) is 5.78. The quantitative estimate of drug-likeness (QED) is 0.646. The first-order chi connectivity index (χ1) is 14.1. The van der Waals surface area contributed by atoms with Gasteiger partial charge in [0, 0.05) is 23.9 Å². The van der Waals surface area contributed by atoms with Crippen molar-refractivity contribution in [2.45, 2.75) is 25.7 Å². The van der Waals surface area contributed by atoms with Crippen molar-refractivity contribution >= 4 is 11.9 Å². The third-order valence-corrected chi connectivity index (χ3v) is 4.47. The highest BCUT2D eigenvalue weighted by Crippen LogP contribution is 2.29. The minimum absolute atomic E-state index is 0.0914. The maximum Gasteiger partial charge on any atom is 0.433 e. The number of carbonyl (C=O) groups is 2. The number of aliphatic carboxylic acids is 1. The lowest BCUT2D eigenvalue weighted by Gasteiger charge is -2.24. The second-order valence-electron chi connectivity index (χ2n) is 6.47. The fourth-order valence-corrected chi connectivity index (χ4v) is 3.07. The Labute approximate surface area is 166 Å². The molecular weight excluding hydrogens is 411 g/mol. The molecular formula is C18H16F3N3O6. The van der Waals surface area contributed by atoms with Gasteiger partial charge in [-0.05, 0) is 11.6 Å². The van der Waals surface area contributed by atoms with Crippen molar-refractivity contribution in [2.24, 2.45) is 0 Å². The van der Waals surface area contributed by atoms with Gasteiger partial charge in [0.1, 0.15) is 23.6 Å². The molecule has 1 aliphatic rings. The lowest BCUT2D eigenvalue weighted by Crippen LogP contribution is -2.38. The van der Waals surface area contributed by atoms with E-state index >= 15 is 0 Å². The first kappa shape index (κ1) is 21.3. The summed E-state index contributed by atoms with van der Waals surface area (Å²) < 4.78 is 44.5. The largest absolute Gasteiger partial charge is 0.506 e. The van der Waals surface area contributed by atoms with E-state index in [0.717, 1.165) is 22.9 Å². The fraction of sp³-hybridized carbons (Fsp3) is 0.333. The number of nitrogens with one attached hydrogen (secondary N) is 1. The number of hydrogen-bond acceptors (Lipinski definition) is 6. The van der Waals surface area contributed by atoms with Crippen molar-refractivity contribution in [3.8, 4) is 5.75 Å². The molecule has 0 fully saturated rings. The van der Waals surface area contributed by atoms with Crippen molar-refractivity contribution < 1.29 is 37.7 Å². The maximum atomic E-state index is 12.9. The smallest absolute Gasteiger partial charge is 0.433 e. The lowest BCUT2D eigenvalue weighted by atomic mass is 10.0. The molecule has 0 bridgehead atoms. The number of nitrogens with zero attached hydrogens (tertiary/aromatic N) is 2. The van der Waals surface area contributed by atoms with E-state index in [9.17, 15) is 32.7 Å². The van der Waals surface area contributed by atoms with Gasteiger partial charge in [-0.25, -0.2) is 0 Å². The van der Waals surface area contributed by atoms with E-state index in [1.807, 2.05) is 5.32 Å². The molecule has 0 aromatic carbocycles. The van der Waals surface area contributed by atoms with E-state index < -0.39 is 47.2 Å². The molecule has 0 saturated carbocycles. The number of fused-ring (bicyclic) bond motifs is 1. The number of carboxylic acid groups (broad SMARTS) is 1. The molecule has 0 radical (unpaired) electrons. The summed E-state index contributed by atoms with van der Waals surface area (Å²) >= 11 is 0. The van der Waals surface area contributed by atoms with Crippen molar-refractivity contribution in [1.82, 2.24) is 14.9 Å². The number of aromatic hydroxyl groups is 1. The zero-order valence-electron chi connectivity index (χ0n) is 15.3. The second-order valence-corrected chi connectivity index (χ2v) is 6.47. The highest BCUT2D eigenvalue weighted by atomic mass is 19.4. The molecule has 160 valence electrons.